The van der Waals surface area contributed by atoms with E-state index in [-0.39, 0.29) is 60.8 Å². The monoisotopic (exact) mass is 770 g/mol. The molecular weight excluding hydrogens is 727 g/mol. The van der Waals surface area contributed by atoms with E-state index in [0.29, 0.717) is 18.7 Å². The molecule has 2 fully saturated rings. The van der Waals surface area contributed by atoms with E-state index in [1.807, 2.05) is 0 Å². The van der Waals surface area contributed by atoms with Crippen LogP contribution in [0, 0.1) is 12.8 Å². The Hall–Kier alpha value is -4.82. The SMILES string of the molecule is Cc1cn([C@H]2CN([P@@](=O)(OC[C@@H]3CNC[C@H](n4cnc5c(=O)[nH]c(NC(=O)C(C)C)nc54)O3)N(C)C)C[C@@H](COC(=O)c3ccccc3)O2)c(=O)[nH]c1=O. The molecule has 0 spiro atoms. The van der Waals surface area contributed by atoms with Crippen LogP contribution in [0.5, 0.6) is 0 Å². The van der Waals surface area contributed by atoms with Crippen LogP contribution in [0.3, 0.4) is 0 Å². The number of amides is 1. The maximum atomic E-state index is 14.8. The molecule has 5 heterocycles. The van der Waals surface area contributed by atoms with Crippen LogP contribution in [0.4, 0.5) is 5.95 Å². The van der Waals surface area contributed by atoms with Gasteiger partial charge in [-0.2, -0.15) is 4.98 Å². The van der Waals surface area contributed by atoms with Crippen LogP contribution in [0.2, 0.25) is 0 Å². The summed E-state index contributed by atoms with van der Waals surface area (Å²) in [7, 11) is -0.713. The molecule has 0 aliphatic carbocycles. The minimum absolute atomic E-state index is 0.00552. The number of rotatable bonds is 12. The Kier molecular flexibility index (Phi) is 11.7. The lowest BCUT2D eigenvalue weighted by atomic mass is 10.2. The summed E-state index contributed by atoms with van der Waals surface area (Å²) in [5.74, 6) is -1.29. The minimum Gasteiger partial charge on any atom is -0.459 e. The normalized spacial score (nSPS) is 22.0. The first-order chi connectivity index (χ1) is 25.7. The summed E-state index contributed by atoms with van der Waals surface area (Å²) in [4.78, 5) is 76.3. The van der Waals surface area contributed by atoms with Crippen LogP contribution in [0.15, 0.2) is 57.2 Å². The number of fused-ring (bicyclic) bond motifs is 1. The third-order valence-electron chi connectivity index (χ3n) is 8.84. The second-order valence-corrected chi connectivity index (χ2v) is 16.0. The number of aromatic nitrogens is 6. The molecule has 1 amide bonds. The van der Waals surface area contributed by atoms with Gasteiger partial charge in [0.2, 0.25) is 11.9 Å². The highest BCUT2D eigenvalue weighted by Gasteiger charge is 2.43. The number of esters is 1. The molecule has 0 unspecified atom stereocenters. The number of aryl methyl sites for hydroxylation is 1. The number of morpholine rings is 2. The molecule has 290 valence electrons. The van der Waals surface area contributed by atoms with Gasteiger partial charge in [0.15, 0.2) is 17.4 Å². The quantitative estimate of drug-likeness (QED) is 0.115. The van der Waals surface area contributed by atoms with E-state index in [1.165, 1.54) is 33.4 Å². The Balaban J connectivity index is 1.20. The standard InChI is InChI=1S/C33H43N10O10P/c1-19(2)28(44)37-32-36-27-26(30(46)38-32)35-18-43(27)24-12-34-11-22(52-24)17-51-54(49,40(4)5)41-14-23(16-50-31(47)21-9-7-6-8-10-21)53-25(15-41)42-13-20(3)29(45)39-33(42)48/h6-10,13,18-19,22-25,34H,11-12,14-17H2,1-5H3,(H,39,45,48)(H2,36,37,38,44,46)/t22-,23-,24+,25+,54-/m0/s1. The van der Waals surface area contributed by atoms with Gasteiger partial charge in [-0.3, -0.25) is 43.4 Å². The average molecular weight is 771 g/mol. The molecule has 4 N–H and O–H groups in total. The summed E-state index contributed by atoms with van der Waals surface area (Å²) in [6.07, 6.45) is -0.470. The Morgan fingerprint density at radius 3 is 2.46 bits per heavy atom. The molecule has 0 radical (unpaired) electrons. The van der Waals surface area contributed by atoms with Gasteiger partial charge in [0.25, 0.3) is 11.1 Å². The van der Waals surface area contributed by atoms with Crippen molar-refractivity contribution in [3.8, 4) is 0 Å². The van der Waals surface area contributed by atoms with E-state index in [2.05, 4.69) is 30.6 Å². The predicted octanol–water partition coefficient (Wildman–Crippen LogP) is 0.802. The van der Waals surface area contributed by atoms with Gasteiger partial charge in [0.05, 0.1) is 31.1 Å². The first kappa shape index (κ1) is 38.9. The lowest BCUT2D eigenvalue weighted by Gasteiger charge is -2.43. The molecule has 21 heteroatoms. The van der Waals surface area contributed by atoms with E-state index >= 15 is 0 Å². The number of carbonyl (C=O) groups excluding carboxylic acids is 2. The number of H-pyrrole nitrogens is 2. The van der Waals surface area contributed by atoms with Gasteiger partial charge >= 0.3 is 19.3 Å². The van der Waals surface area contributed by atoms with Crippen molar-refractivity contribution in [3.05, 3.63) is 85.2 Å². The van der Waals surface area contributed by atoms with Gasteiger partial charge in [-0.25, -0.2) is 23.9 Å². The van der Waals surface area contributed by atoms with Gasteiger partial charge in [-0.05, 0) is 33.2 Å². The summed E-state index contributed by atoms with van der Waals surface area (Å²) in [6.45, 7) is 5.13. The molecule has 3 aromatic heterocycles. The topological polar surface area (TPSA) is 237 Å². The van der Waals surface area contributed by atoms with Crippen LogP contribution in [-0.2, 0) is 28.1 Å². The highest BCUT2D eigenvalue weighted by Crippen LogP contribution is 2.54. The van der Waals surface area contributed by atoms with Gasteiger partial charge in [0, 0.05) is 37.3 Å². The lowest BCUT2D eigenvalue weighted by molar-refractivity contribution is -0.126. The zero-order chi connectivity index (χ0) is 38.7. The van der Waals surface area contributed by atoms with Gasteiger partial charge in [-0.15, -0.1) is 0 Å². The lowest BCUT2D eigenvalue weighted by Crippen LogP contribution is -2.50. The number of aromatic amines is 2. The van der Waals surface area contributed by atoms with Crippen molar-refractivity contribution in [1.29, 1.82) is 0 Å². The molecule has 4 aromatic rings. The van der Waals surface area contributed by atoms with Crippen molar-refractivity contribution in [2.24, 2.45) is 5.92 Å². The number of hydrogen-bond acceptors (Lipinski definition) is 13. The summed E-state index contributed by atoms with van der Waals surface area (Å²) in [5, 5.41) is 5.86. The number of nitrogens with zero attached hydrogens (tertiary/aromatic N) is 6. The fourth-order valence-electron chi connectivity index (χ4n) is 5.91. The minimum atomic E-state index is -3.89. The van der Waals surface area contributed by atoms with Crippen molar-refractivity contribution >= 4 is 36.7 Å². The van der Waals surface area contributed by atoms with Gasteiger partial charge in [-0.1, -0.05) is 32.0 Å². The Bertz CT molecular complexity index is 2220. The van der Waals surface area contributed by atoms with Crippen molar-refractivity contribution in [3.63, 3.8) is 0 Å². The first-order valence-corrected chi connectivity index (χ1v) is 18.8. The number of ether oxygens (including phenoxy) is 3. The molecule has 0 saturated carbocycles. The summed E-state index contributed by atoms with van der Waals surface area (Å²) < 4.78 is 44.9. The molecule has 0 bridgehead atoms. The second kappa shape index (κ2) is 16.3. The zero-order valence-corrected chi connectivity index (χ0v) is 31.3. The Morgan fingerprint density at radius 2 is 1.74 bits per heavy atom. The van der Waals surface area contributed by atoms with Gasteiger partial charge in [0.1, 0.15) is 18.9 Å². The molecule has 20 nitrogen and oxygen atoms in total. The Labute approximate surface area is 308 Å². The average Bonchev–Trinajstić information content (AvgIpc) is 3.59. The fraction of sp³-hybridized carbons (Fsp3) is 0.485. The molecular formula is C33H43N10O10P. The van der Waals surface area contributed by atoms with Crippen LogP contribution < -0.4 is 27.4 Å². The maximum Gasteiger partial charge on any atom is 0.345 e. The second-order valence-electron chi connectivity index (χ2n) is 13.4. The highest BCUT2D eigenvalue weighted by atomic mass is 31.2. The van der Waals surface area contributed by atoms with Crippen molar-refractivity contribution in [2.75, 3.05) is 58.8 Å². The molecule has 6 rings (SSSR count). The molecule has 54 heavy (non-hydrogen) atoms. The maximum absolute atomic E-state index is 14.8. The highest BCUT2D eigenvalue weighted by molar-refractivity contribution is 7.53. The first-order valence-electron chi connectivity index (χ1n) is 17.2. The van der Waals surface area contributed by atoms with Crippen molar-refractivity contribution in [1.82, 2.24) is 43.7 Å². The Morgan fingerprint density at radius 1 is 1.00 bits per heavy atom. The van der Waals surface area contributed by atoms with Crippen molar-refractivity contribution in [2.45, 2.75) is 45.4 Å². The number of anilines is 1. The number of benzene rings is 1. The summed E-state index contributed by atoms with van der Waals surface area (Å²) >= 11 is 0. The van der Waals surface area contributed by atoms with Crippen molar-refractivity contribution < 1.29 is 32.9 Å². The molecule has 2 aliphatic rings. The van der Waals surface area contributed by atoms with Crippen LogP contribution in [0.25, 0.3) is 11.2 Å². The van der Waals surface area contributed by atoms with Crippen LogP contribution in [-0.4, -0.2) is 116 Å². The van der Waals surface area contributed by atoms with E-state index in [4.69, 9.17) is 18.7 Å². The number of hydrogen-bond donors (Lipinski definition) is 4. The molecule has 1 aromatic carbocycles. The molecule has 2 saturated heterocycles. The van der Waals surface area contributed by atoms with Crippen LogP contribution >= 0.6 is 7.67 Å². The predicted molar refractivity (Wildman–Crippen MR) is 194 cm³/mol. The van der Waals surface area contributed by atoms with Gasteiger partial charge < -0.3 is 24.1 Å². The third kappa shape index (κ3) is 8.44. The smallest absolute Gasteiger partial charge is 0.345 e. The molecule has 2 aliphatic heterocycles. The summed E-state index contributed by atoms with van der Waals surface area (Å²) in [6, 6.07) is 8.40. The zero-order valence-electron chi connectivity index (χ0n) is 30.4. The summed E-state index contributed by atoms with van der Waals surface area (Å²) in [5.41, 5.74) is -0.985. The number of imidazole rings is 1. The van der Waals surface area contributed by atoms with Crippen LogP contribution in [0.1, 0.15) is 42.2 Å². The fourth-order valence-corrected chi connectivity index (χ4v) is 7.91. The molecule has 5 atom stereocenters. The largest absolute Gasteiger partial charge is 0.459 e. The van der Waals surface area contributed by atoms with E-state index in [0.717, 1.165) is 0 Å². The number of carbonyl (C=O) groups is 2. The number of nitrogens with one attached hydrogen (secondary N) is 4. The van der Waals surface area contributed by atoms with E-state index in [9.17, 15) is 28.5 Å². The van der Waals surface area contributed by atoms with E-state index in [1.54, 1.807) is 62.8 Å². The van der Waals surface area contributed by atoms with E-state index < -0.39 is 55.1 Å². The third-order valence-corrected chi connectivity index (χ3v) is 11.4.